The van der Waals surface area contributed by atoms with E-state index in [2.05, 4.69) is 15.0 Å². The second-order valence-electron chi connectivity index (χ2n) is 3.57. The molecule has 0 aliphatic heterocycles. The van der Waals surface area contributed by atoms with Crippen LogP contribution < -0.4 is 5.32 Å². The molecule has 0 aromatic carbocycles. The molecule has 0 heterocycles. The van der Waals surface area contributed by atoms with Crippen LogP contribution in [-0.2, 0) is 4.74 Å². The van der Waals surface area contributed by atoms with E-state index >= 15 is 0 Å². The van der Waals surface area contributed by atoms with Crippen molar-refractivity contribution in [2.75, 3.05) is 34.8 Å². The highest BCUT2D eigenvalue weighted by atomic mass is 16.5. The summed E-state index contributed by atoms with van der Waals surface area (Å²) in [6.07, 6.45) is 0.242. The standard InChI is InChI=1S/C10H20N4O3/c1-6-7-11-8(15)12-9(13(2)3)14(4)10(16)17-5/h6-7H2,1-5H3,(H,11,15)/b12-9+. The average Bonchev–Trinajstić information content (AvgIpc) is 2.31. The summed E-state index contributed by atoms with van der Waals surface area (Å²) in [7, 11) is 6.12. The fourth-order valence-electron chi connectivity index (χ4n) is 1.06. The van der Waals surface area contributed by atoms with E-state index in [1.165, 1.54) is 14.2 Å². The van der Waals surface area contributed by atoms with E-state index in [1.807, 2.05) is 6.92 Å². The number of urea groups is 1. The zero-order valence-electron chi connectivity index (χ0n) is 11.0. The first kappa shape index (κ1) is 15.2. The Hall–Kier alpha value is -1.79. The van der Waals surface area contributed by atoms with Crippen LogP contribution in [0.1, 0.15) is 13.3 Å². The molecule has 0 spiro atoms. The number of guanidine groups is 1. The van der Waals surface area contributed by atoms with Crippen molar-refractivity contribution < 1.29 is 14.3 Å². The molecule has 0 saturated heterocycles. The number of methoxy groups -OCH3 is 1. The van der Waals surface area contributed by atoms with Crippen LogP contribution in [0.5, 0.6) is 0 Å². The summed E-state index contributed by atoms with van der Waals surface area (Å²) in [6.45, 7) is 2.49. The lowest BCUT2D eigenvalue weighted by Crippen LogP contribution is -2.43. The van der Waals surface area contributed by atoms with Crippen molar-refractivity contribution in [2.24, 2.45) is 4.99 Å². The lowest BCUT2D eigenvalue weighted by atomic mass is 10.5. The maximum Gasteiger partial charge on any atom is 0.416 e. The fraction of sp³-hybridized carbons (Fsp3) is 0.700. The van der Waals surface area contributed by atoms with Gasteiger partial charge >= 0.3 is 12.1 Å². The van der Waals surface area contributed by atoms with E-state index in [4.69, 9.17) is 0 Å². The molecule has 0 aliphatic carbocycles. The van der Waals surface area contributed by atoms with Gasteiger partial charge in [0.05, 0.1) is 7.11 Å². The summed E-state index contributed by atoms with van der Waals surface area (Å²) >= 11 is 0. The molecule has 1 N–H and O–H groups in total. The Bertz CT molecular complexity index is 302. The Morgan fingerprint density at radius 2 is 1.88 bits per heavy atom. The van der Waals surface area contributed by atoms with Crippen molar-refractivity contribution in [1.82, 2.24) is 15.1 Å². The van der Waals surface area contributed by atoms with Crippen LogP contribution >= 0.6 is 0 Å². The van der Waals surface area contributed by atoms with Crippen LogP contribution in [0.3, 0.4) is 0 Å². The van der Waals surface area contributed by atoms with Crippen LogP contribution in [-0.4, -0.2) is 62.7 Å². The Balaban J connectivity index is 4.78. The highest BCUT2D eigenvalue weighted by Gasteiger charge is 2.18. The average molecular weight is 244 g/mol. The molecule has 0 rings (SSSR count). The summed E-state index contributed by atoms with van der Waals surface area (Å²) in [5.74, 6) is 0.213. The van der Waals surface area contributed by atoms with Crippen molar-refractivity contribution >= 4 is 18.1 Å². The summed E-state index contributed by atoms with van der Waals surface area (Å²) in [5.41, 5.74) is 0. The molecular weight excluding hydrogens is 224 g/mol. The number of aliphatic imine (C=N–C) groups is 1. The van der Waals surface area contributed by atoms with Crippen molar-refractivity contribution in [1.29, 1.82) is 0 Å². The lowest BCUT2D eigenvalue weighted by Gasteiger charge is -2.23. The second-order valence-corrected chi connectivity index (χ2v) is 3.57. The Morgan fingerprint density at radius 3 is 2.29 bits per heavy atom. The van der Waals surface area contributed by atoms with Crippen LogP contribution in [0.2, 0.25) is 0 Å². The Kier molecular flexibility index (Phi) is 6.69. The predicted octanol–water partition coefficient (Wildman–Crippen LogP) is 0.722. The fourth-order valence-corrected chi connectivity index (χ4v) is 1.06. The smallest absolute Gasteiger partial charge is 0.416 e. The van der Waals surface area contributed by atoms with Gasteiger partial charge in [-0.05, 0) is 6.42 Å². The van der Waals surface area contributed by atoms with E-state index in [1.54, 1.807) is 19.0 Å². The highest BCUT2D eigenvalue weighted by molar-refractivity contribution is 5.99. The third kappa shape index (κ3) is 5.19. The summed E-state index contributed by atoms with van der Waals surface area (Å²) in [5, 5.41) is 2.60. The van der Waals surface area contributed by atoms with Crippen LogP contribution in [0.25, 0.3) is 0 Å². The van der Waals surface area contributed by atoms with Gasteiger partial charge in [0, 0.05) is 27.7 Å². The quantitative estimate of drug-likeness (QED) is 0.574. The van der Waals surface area contributed by atoms with Crippen LogP contribution in [0, 0.1) is 0 Å². The molecule has 0 aromatic rings. The minimum absolute atomic E-state index is 0.213. The molecule has 7 nitrogen and oxygen atoms in total. The molecule has 0 bridgehead atoms. The SMILES string of the molecule is CCCNC(=O)/N=C(\N(C)C)N(C)C(=O)OC. The monoisotopic (exact) mass is 244 g/mol. The molecule has 98 valence electrons. The van der Waals surface area contributed by atoms with Crippen LogP contribution in [0.15, 0.2) is 4.99 Å². The number of amides is 3. The molecule has 0 aliphatic rings. The molecule has 0 unspecified atom stereocenters. The second kappa shape index (κ2) is 7.48. The van der Waals surface area contributed by atoms with Gasteiger partial charge in [0.15, 0.2) is 0 Å². The minimum Gasteiger partial charge on any atom is -0.452 e. The number of hydrogen-bond donors (Lipinski definition) is 1. The minimum atomic E-state index is -0.583. The molecule has 7 heteroatoms. The molecular formula is C10H20N4O3. The van der Waals surface area contributed by atoms with E-state index in [-0.39, 0.29) is 5.96 Å². The van der Waals surface area contributed by atoms with E-state index in [9.17, 15) is 9.59 Å². The van der Waals surface area contributed by atoms with Gasteiger partial charge in [0.25, 0.3) is 0 Å². The number of hydrogen-bond acceptors (Lipinski definition) is 3. The van der Waals surface area contributed by atoms with Gasteiger partial charge in [0.1, 0.15) is 0 Å². The van der Waals surface area contributed by atoms with E-state index in [0.717, 1.165) is 11.3 Å². The molecule has 0 atom stereocenters. The zero-order valence-corrected chi connectivity index (χ0v) is 11.0. The molecule has 0 aromatic heterocycles. The van der Waals surface area contributed by atoms with Gasteiger partial charge in [-0.1, -0.05) is 6.92 Å². The lowest BCUT2D eigenvalue weighted by molar-refractivity contribution is 0.149. The third-order valence-electron chi connectivity index (χ3n) is 1.88. The van der Waals surface area contributed by atoms with Crippen molar-refractivity contribution in [3.05, 3.63) is 0 Å². The molecule has 0 fully saturated rings. The van der Waals surface area contributed by atoms with Crippen molar-refractivity contribution in [2.45, 2.75) is 13.3 Å². The number of carbonyl (C=O) groups excluding carboxylic acids is 2. The first-order valence-corrected chi connectivity index (χ1v) is 5.29. The molecule has 17 heavy (non-hydrogen) atoms. The number of nitrogens with zero attached hydrogens (tertiary/aromatic N) is 3. The van der Waals surface area contributed by atoms with Gasteiger partial charge in [-0.25, -0.2) is 9.59 Å². The van der Waals surface area contributed by atoms with E-state index in [0.29, 0.717) is 6.54 Å². The maximum atomic E-state index is 11.4. The number of ether oxygens (including phenoxy) is 1. The third-order valence-corrected chi connectivity index (χ3v) is 1.88. The normalized spacial score (nSPS) is 10.8. The van der Waals surface area contributed by atoms with Crippen molar-refractivity contribution in [3.8, 4) is 0 Å². The summed E-state index contributed by atoms with van der Waals surface area (Å²) in [4.78, 5) is 29.3. The van der Waals surface area contributed by atoms with Crippen LogP contribution in [0.4, 0.5) is 9.59 Å². The van der Waals surface area contributed by atoms with Gasteiger partial charge < -0.3 is 15.0 Å². The molecule has 0 saturated carbocycles. The molecule has 0 radical (unpaired) electrons. The number of nitrogens with one attached hydrogen (secondary N) is 1. The number of rotatable bonds is 2. The topological polar surface area (TPSA) is 74.2 Å². The largest absolute Gasteiger partial charge is 0.452 e. The van der Waals surface area contributed by atoms with Gasteiger partial charge in [-0.3, -0.25) is 4.90 Å². The maximum absolute atomic E-state index is 11.4. The first-order valence-electron chi connectivity index (χ1n) is 5.29. The Labute approximate surface area is 101 Å². The van der Waals surface area contributed by atoms with E-state index < -0.39 is 12.1 Å². The number of carbonyl (C=O) groups is 2. The van der Waals surface area contributed by atoms with Crippen molar-refractivity contribution in [3.63, 3.8) is 0 Å². The highest BCUT2D eigenvalue weighted by Crippen LogP contribution is 1.96. The van der Waals surface area contributed by atoms with Gasteiger partial charge in [0.2, 0.25) is 5.96 Å². The summed E-state index contributed by atoms with van der Waals surface area (Å²) < 4.78 is 4.55. The summed E-state index contributed by atoms with van der Waals surface area (Å²) in [6, 6.07) is -0.480. The predicted molar refractivity (Wildman–Crippen MR) is 65.0 cm³/mol. The Morgan fingerprint density at radius 1 is 1.29 bits per heavy atom. The first-order chi connectivity index (χ1) is 7.93. The van der Waals surface area contributed by atoms with Gasteiger partial charge in [-0.15, -0.1) is 0 Å². The molecule has 3 amide bonds. The zero-order chi connectivity index (χ0) is 13.4. The van der Waals surface area contributed by atoms with Gasteiger partial charge in [-0.2, -0.15) is 4.99 Å².